The lowest BCUT2D eigenvalue weighted by atomic mass is 9.63. The molecule has 0 amide bonds. The second kappa shape index (κ2) is 7.75. The Morgan fingerprint density at radius 3 is 2.09 bits per heavy atom. The number of hydrogen-bond acceptors (Lipinski definition) is 2. The molecule has 0 N–H and O–H groups in total. The number of fused-ring (bicyclic) bond motifs is 3. The number of benzene rings is 4. The highest BCUT2D eigenvalue weighted by atomic mass is 16.3. The topological polar surface area (TPSA) is 16.4 Å². The van der Waals surface area contributed by atoms with Crippen molar-refractivity contribution in [3.63, 3.8) is 0 Å². The molecule has 176 valence electrons. The van der Waals surface area contributed by atoms with Crippen LogP contribution < -0.4 is 4.90 Å². The van der Waals surface area contributed by atoms with Gasteiger partial charge in [-0.1, -0.05) is 70.2 Å². The summed E-state index contributed by atoms with van der Waals surface area (Å²) in [6.45, 7) is 9.54. The quantitative estimate of drug-likeness (QED) is 0.267. The molecule has 0 saturated heterocycles. The highest BCUT2D eigenvalue weighted by Crippen LogP contribution is 2.47. The lowest BCUT2D eigenvalue weighted by Crippen LogP contribution is -2.34. The number of furan rings is 1. The van der Waals surface area contributed by atoms with E-state index in [0.717, 1.165) is 22.3 Å². The number of hydrogen-bond donors (Lipinski definition) is 0. The third kappa shape index (κ3) is 3.72. The first-order valence-corrected chi connectivity index (χ1v) is 12.6. The van der Waals surface area contributed by atoms with Gasteiger partial charge in [-0.3, -0.25) is 0 Å². The maximum Gasteiger partial charge on any atom is 0.135 e. The van der Waals surface area contributed by atoms with Crippen molar-refractivity contribution in [1.29, 1.82) is 0 Å². The summed E-state index contributed by atoms with van der Waals surface area (Å²) in [5, 5.41) is 3.58. The first-order valence-electron chi connectivity index (χ1n) is 12.6. The molecule has 6 rings (SSSR count). The molecule has 1 heterocycles. The van der Waals surface area contributed by atoms with E-state index >= 15 is 0 Å². The Hall–Kier alpha value is -3.52. The molecule has 1 aliphatic rings. The van der Waals surface area contributed by atoms with Gasteiger partial charge in [0.25, 0.3) is 0 Å². The second-order valence-electron chi connectivity index (χ2n) is 11.5. The number of para-hydroxylation sites is 1. The fourth-order valence-corrected chi connectivity index (χ4v) is 5.65. The molecule has 0 spiro atoms. The van der Waals surface area contributed by atoms with E-state index in [1.54, 1.807) is 0 Å². The van der Waals surface area contributed by atoms with Crippen LogP contribution in [-0.4, -0.2) is 7.05 Å². The van der Waals surface area contributed by atoms with Crippen LogP contribution in [-0.2, 0) is 10.8 Å². The molecule has 1 aromatic heterocycles. The maximum atomic E-state index is 6.09. The molecule has 4 aromatic carbocycles. The Labute approximate surface area is 208 Å². The molecular weight excluding hydrogens is 426 g/mol. The van der Waals surface area contributed by atoms with E-state index in [4.69, 9.17) is 4.42 Å². The van der Waals surface area contributed by atoms with E-state index < -0.39 is 0 Å². The molecule has 0 fully saturated rings. The minimum Gasteiger partial charge on any atom is -0.456 e. The summed E-state index contributed by atoms with van der Waals surface area (Å²) in [5.41, 5.74) is 7.91. The molecule has 0 radical (unpaired) electrons. The van der Waals surface area contributed by atoms with E-state index in [1.165, 1.54) is 46.1 Å². The minimum absolute atomic E-state index is 0.206. The van der Waals surface area contributed by atoms with Crippen LogP contribution in [0.3, 0.4) is 0 Å². The monoisotopic (exact) mass is 459 g/mol. The summed E-state index contributed by atoms with van der Waals surface area (Å²) >= 11 is 0. The summed E-state index contributed by atoms with van der Waals surface area (Å²) in [4.78, 5) is 2.31. The molecule has 2 nitrogen and oxygen atoms in total. The third-order valence-corrected chi connectivity index (χ3v) is 8.14. The van der Waals surface area contributed by atoms with Gasteiger partial charge in [0.1, 0.15) is 11.3 Å². The molecule has 0 aliphatic heterocycles. The minimum atomic E-state index is 0.206. The first-order chi connectivity index (χ1) is 16.7. The van der Waals surface area contributed by atoms with E-state index in [9.17, 15) is 0 Å². The van der Waals surface area contributed by atoms with Gasteiger partial charge in [-0.05, 0) is 88.0 Å². The van der Waals surface area contributed by atoms with Crippen LogP contribution in [0.4, 0.5) is 11.4 Å². The molecule has 0 bridgehead atoms. The number of anilines is 2. The Morgan fingerprint density at radius 1 is 0.629 bits per heavy atom. The van der Waals surface area contributed by atoms with Crippen molar-refractivity contribution >= 4 is 33.1 Å². The van der Waals surface area contributed by atoms with Gasteiger partial charge in [-0.2, -0.15) is 0 Å². The van der Waals surface area contributed by atoms with Gasteiger partial charge in [0, 0.05) is 29.4 Å². The molecule has 0 atom stereocenters. The van der Waals surface area contributed by atoms with Crippen molar-refractivity contribution in [3.05, 3.63) is 96.1 Å². The molecule has 2 heteroatoms. The SMILES string of the molecule is CN(c1ccc2c(c1)C(C)(C)CCC2(C)C)c1ccc2cc(-c3cc4ccccc4o3)ccc2c1. The number of rotatable bonds is 3. The zero-order chi connectivity index (χ0) is 24.4. The molecule has 5 aromatic rings. The predicted molar refractivity (Wildman–Crippen MR) is 149 cm³/mol. The predicted octanol–water partition coefficient (Wildman–Crippen LogP) is 9.37. The fraction of sp³-hybridized carbons (Fsp3) is 0.273. The van der Waals surface area contributed by atoms with Crippen LogP contribution in [0, 0.1) is 0 Å². The van der Waals surface area contributed by atoms with Crippen molar-refractivity contribution < 1.29 is 4.42 Å². The normalized spacial score (nSPS) is 16.4. The van der Waals surface area contributed by atoms with Crippen molar-refractivity contribution in [3.8, 4) is 11.3 Å². The Balaban J connectivity index is 1.34. The molecule has 35 heavy (non-hydrogen) atoms. The zero-order valence-electron chi connectivity index (χ0n) is 21.4. The summed E-state index contributed by atoms with van der Waals surface area (Å²) in [5.74, 6) is 0.911. The van der Waals surface area contributed by atoms with Gasteiger partial charge in [0.2, 0.25) is 0 Å². The fourth-order valence-electron chi connectivity index (χ4n) is 5.65. The lowest BCUT2D eigenvalue weighted by Gasteiger charge is -2.42. The van der Waals surface area contributed by atoms with E-state index in [-0.39, 0.29) is 10.8 Å². The Kier molecular flexibility index (Phi) is 4.86. The lowest BCUT2D eigenvalue weighted by molar-refractivity contribution is 0.332. The van der Waals surface area contributed by atoms with Gasteiger partial charge in [0.15, 0.2) is 0 Å². The summed E-state index contributed by atoms with van der Waals surface area (Å²) in [6.07, 6.45) is 2.46. The summed E-state index contributed by atoms with van der Waals surface area (Å²) in [7, 11) is 2.17. The summed E-state index contributed by atoms with van der Waals surface area (Å²) in [6, 6.07) is 30.7. The van der Waals surface area contributed by atoms with Crippen LogP contribution in [0.2, 0.25) is 0 Å². The average Bonchev–Trinajstić information content (AvgIpc) is 3.30. The molecule has 1 aliphatic carbocycles. The van der Waals surface area contributed by atoms with Crippen molar-refractivity contribution in [1.82, 2.24) is 0 Å². The van der Waals surface area contributed by atoms with Gasteiger partial charge >= 0.3 is 0 Å². The van der Waals surface area contributed by atoms with Crippen molar-refractivity contribution in [2.45, 2.75) is 51.4 Å². The highest BCUT2D eigenvalue weighted by Gasteiger charge is 2.37. The maximum absolute atomic E-state index is 6.09. The van der Waals surface area contributed by atoms with Crippen LogP contribution in [0.25, 0.3) is 33.1 Å². The molecular formula is C33H33NO. The van der Waals surface area contributed by atoms with E-state index in [1.807, 2.05) is 18.2 Å². The van der Waals surface area contributed by atoms with Gasteiger partial charge < -0.3 is 9.32 Å². The Bertz CT molecular complexity index is 1540. The van der Waals surface area contributed by atoms with Gasteiger partial charge in [-0.15, -0.1) is 0 Å². The highest BCUT2D eigenvalue weighted by molar-refractivity contribution is 5.91. The van der Waals surface area contributed by atoms with Crippen LogP contribution in [0.5, 0.6) is 0 Å². The van der Waals surface area contributed by atoms with E-state index in [0.29, 0.717) is 0 Å². The average molecular weight is 460 g/mol. The van der Waals surface area contributed by atoms with Crippen molar-refractivity contribution in [2.75, 3.05) is 11.9 Å². The van der Waals surface area contributed by atoms with Crippen LogP contribution in [0.1, 0.15) is 51.7 Å². The largest absolute Gasteiger partial charge is 0.456 e. The van der Waals surface area contributed by atoms with Crippen molar-refractivity contribution in [2.24, 2.45) is 0 Å². The summed E-state index contributed by atoms with van der Waals surface area (Å²) < 4.78 is 6.09. The van der Waals surface area contributed by atoms with Crippen LogP contribution >= 0.6 is 0 Å². The van der Waals surface area contributed by atoms with E-state index in [2.05, 4.69) is 106 Å². The van der Waals surface area contributed by atoms with Crippen LogP contribution in [0.15, 0.2) is 89.3 Å². The smallest absolute Gasteiger partial charge is 0.135 e. The zero-order valence-corrected chi connectivity index (χ0v) is 21.4. The number of nitrogens with zero attached hydrogens (tertiary/aromatic N) is 1. The molecule has 0 unspecified atom stereocenters. The Morgan fingerprint density at radius 2 is 1.29 bits per heavy atom. The third-order valence-electron chi connectivity index (χ3n) is 8.14. The first kappa shape index (κ1) is 22.0. The van der Waals surface area contributed by atoms with Gasteiger partial charge in [0.05, 0.1) is 0 Å². The standard InChI is InChI=1S/C33H33NO/c1-32(2)16-17-33(3,4)29-21-27(14-15-28(29)32)34(5)26-13-12-22-18-25(11-10-23(22)19-26)31-20-24-8-6-7-9-30(24)35-31/h6-15,18-21H,16-17H2,1-5H3. The second-order valence-corrected chi connectivity index (χ2v) is 11.5. The van der Waals surface area contributed by atoms with Gasteiger partial charge in [-0.25, -0.2) is 0 Å². The molecule has 0 saturated carbocycles.